The van der Waals surface area contributed by atoms with Gasteiger partial charge in [-0.15, -0.1) is 0 Å². The molecule has 1 amide bonds. The van der Waals surface area contributed by atoms with Crippen molar-refractivity contribution in [2.75, 3.05) is 0 Å². The fraction of sp³-hybridized carbons (Fsp3) is 0.571. The first-order valence-electron chi connectivity index (χ1n) is 7.16. The molecule has 2 aromatic rings. The number of carbonyl (C=O) groups is 1. The van der Waals surface area contributed by atoms with Gasteiger partial charge < -0.3 is 5.32 Å². The molecule has 7 nitrogen and oxygen atoms in total. The molecule has 2 heterocycles. The summed E-state index contributed by atoms with van der Waals surface area (Å²) < 4.78 is 3.62. The molecule has 2 aromatic heterocycles. The van der Waals surface area contributed by atoms with Crippen molar-refractivity contribution in [1.82, 2.24) is 29.9 Å². The molecule has 0 radical (unpaired) electrons. The van der Waals surface area contributed by atoms with Gasteiger partial charge in [0.25, 0.3) is 0 Å². The zero-order valence-corrected chi connectivity index (χ0v) is 13.0. The van der Waals surface area contributed by atoms with E-state index < -0.39 is 0 Å². The van der Waals surface area contributed by atoms with Gasteiger partial charge in [-0.3, -0.25) is 14.2 Å². The molecule has 7 heteroatoms. The minimum atomic E-state index is -0.159. The molecule has 0 bridgehead atoms. The molecule has 114 valence electrons. The third kappa shape index (κ3) is 3.48. The van der Waals surface area contributed by atoms with Gasteiger partial charge in [0.15, 0.2) is 0 Å². The maximum Gasteiger partial charge on any atom is 0.224 e. The van der Waals surface area contributed by atoms with Gasteiger partial charge in [0.2, 0.25) is 5.91 Å². The molecule has 1 unspecified atom stereocenters. The summed E-state index contributed by atoms with van der Waals surface area (Å²) in [7, 11) is 0. The highest BCUT2D eigenvalue weighted by Gasteiger charge is 2.16. The SMILES string of the molecule is CCn1nc(C)c(CNC(=O)C(C)Cn2cncn2)c1C. The minimum Gasteiger partial charge on any atom is -0.352 e. The largest absolute Gasteiger partial charge is 0.352 e. The first-order chi connectivity index (χ1) is 10.0. The highest BCUT2D eigenvalue weighted by atomic mass is 16.1. The summed E-state index contributed by atoms with van der Waals surface area (Å²) in [6.07, 6.45) is 3.08. The van der Waals surface area contributed by atoms with Gasteiger partial charge in [0.05, 0.1) is 18.2 Å². The van der Waals surface area contributed by atoms with Crippen LogP contribution in [0.2, 0.25) is 0 Å². The molecule has 0 spiro atoms. The molecule has 1 atom stereocenters. The number of amides is 1. The molecule has 0 aliphatic carbocycles. The Kier molecular flexibility index (Phi) is 4.72. The summed E-state index contributed by atoms with van der Waals surface area (Å²) in [6, 6.07) is 0. The lowest BCUT2D eigenvalue weighted by Gasteiger charge is -2.12. The van der Waals surface area contributed by atoms with Crippen LogP contribution in [0.25, 0.3) is 0 Å². The fourth-order valence-electron chi connectivity index (χ4n) is 2.34. The van der Waals surface area contributed by atoms with Gasteiger partial charge in [-0.1, -0.05) is 6.92 Å². The molecule has 21 heavy (non-hydrogen) atoms. The quantitative estimate of drug-likeness (QED) is 0.863. The van der Waals surface area contributed by atoms with Crippen LogP contribution in [0.5, 0.6) is 0 Å². The van der Waals surface area contributed by atoms with Gasteiger partial charge in [-0.2, -0.15) is 10.2 Å². The number of carbonyl (C=O) groups excluding carboxylic acids is 1. The summed E-state index contributed by atoms with van der Waals surface area (Å²) in [6.45, 7) is 9.82. The Bertz CT molecular complexity index is 601. The normalized spacial score (nSPS) is 12.4. The summed E-state index contributed by atoms with van der Waals surface area (Å²) in [5.74, 6) is -0.151. The van der Waals surface area contributed by atoms with Crippen LogP contribution >= 0.6 is 0 Å². The Labute approximate surface area is 124 Å². The van der Waals surface area contributed by atoms with Gasteiger partial charge in [-0.05, 0) is 20.8 Å². The standard InChI is InChI=1S/C14H22N6O/c1-5-20-12(4)13(11(3)18-20)6-16-14(21)10(2)7-19-9-15-8-17-19/h8-10H,5-7H2,1-4H3,(H,16,21). The number of nitrogens with one attached hydrogen (secondary N) is 1. The van der Waals surface area contributed by atoms with Crippen molar-refractivity contribution in [2.45, 2.75) is 47.3 Å². The summed E-state index contributed by atoms with van der Waals surface area (Å²) in [5, 5.41) is 11.4. The van der Waals surface area contributed by atoms with E-state index in [2.05, 4.69) is 27.4 Å². The Balaban J connectivity index is 1.93. The van der Waals surface area contributed by atoms with Crippen LogP contribution in [0.1, 0.15) is 30.8 Å². The second kappa shape index (κ2) is 6.51. The Hall–Kier alpha value is -2.18. The smallest absolute Gasteiger partial charge is 0.224 e. The molecular formula is C14H22N6O. The first kappa shape index (κ1) is 15.2. The second-order valence-electron chi connectivity index (χ2n) is 5.20. The van der Waals surface area contributed by atoms with Crippen molar-refractivity contribution in [2.24, 2.45) is 5.92 Å². The molecule has 0 aliphatic heterocycles. The van der Waals surface area contributed by atoms with Crippen molar-refractivity contribution < 1.29 is 4.79 Å². The van der Waals surface area contributed by atoms with Crippen LogP contribution in [0.4, 0.5) is 0 Å². The zero-order chi connectivity index (χ0) is 15.4. The fourth-order valence-corrected chi connectivity index (χ4v) is 2.34. The van der Waals surface area contributed by atoms with Crippen LogP contribution < -0.4 is 5.32 Å². The van der Waals surface area contributed by atoms with E-state index >= 15 is 0 Å². The average molecular weight is 290 g/mol. The van der Waals surface area contributed by atoms with E-state index in [1.807, 2.05) is 25.5 Å². The predicted octanol–water partition coefficient (Wildman–Crippen LogP) is 1.06. The van der Waals surface area contributed by atoms with E-state index in [0.717, 1.165) is 23.5 Å². The van der Waals surface area contributed by atoms with Crippen molar-refractivity contribution in [3.8, 4) is 0 Å². The first-order valence-corrected chi connectivity index (χ1v) is 7.16. The van der Waals surface area contributed by atoms with Gasteiger partial charge >= 0.3 is 0 Å². The molecular weight excluding hydrogens is 268 g/mol. The van der Waals surface area contributed by atoms with E-state index in [1.165, 1.54) is 6.33 Å². The van der Waals surface area contributed by atoms with E-state index in [1.54, 1.807) is 11.0 Å². The van der Waals surface area contributed by atoms with Crippen LogP contribution in [-0.4, -0.2) is 30.5 Å². The predicted molar refractivity (Wildman–Crippen MR) is 78.4 cm³/mol. The topological polar surface area (TPSA) is 77.6 Å². The van der Waals surface area contributed by atoms with E-state index in [4.69, 9.17) is 0 Å². The summed E-state index contributed by atoms with van der Waals surface area (Å²) in [5.41, 5.74) is 3.18. The molecule has 1 N–H and O–H groups in total. The van der Waals surface area contributed by atoms with Gasteiger partial charge in [-0.25, -0.2) is 4.98 Å². The lowest BCUT2D eigenvalue weighted by Crippen LogP contribution is -2.31. The minimum absolute atomic E-state index is 0.00792. The molecule has 0 saturated heterocycles. The zero-order valence-electron chi connectivity index (χ0n) is 13.0. The van der Waals surface area contributed by atoms with E-state index in [0.29, 0.717) is 13.1 Å². The molecule has 0 aliphatic rings. The monoisotopic (exact) mass is 290 g/mol. The van der Waals surface area contributed by atoms with E-state index in [-0.39, 0.29) is 11.8 Å². The number of aromatic nitrogens is 5. The van der Waals surface area contributed by atoms with Crippen LogP contribution in [0.3, 0.4) is 0 Å². The van der Waals surface area contributed by atoms with Gasteiger partial charge in [0.1, 0.15) is 12.7 Å². The molecule has 2 rings (SSSR count). The molecule has 0 saturated carbocycles. The van der Waals surface area contributed by atoms with Crippen molar-refractivity contribution in [3.63, 3.8) is 0 Å². The number of aryl methyl sites for hydroxylation is 2. The summed E-state index contributed by atoms with van der Waals surface area (Å²) >= 11 is 0. The van der Waals surface area contributed by atoms with Crippen LogP contribution in [-0.2, 0) is 24.4 Å². The van der Waals surface area contributed by atoms with Crippen LogP contribution in [0.15, 0.2) is 12.7 Å². The maximum atomic E-state index is 12.1. The lowest BCUT2D eigenvalue weighted by molar-refractivity contribution is -0.125. The Morgan fingerprint density at radius 3 is 2.76 bits per heavy atom. The maximum absolute atomic E-state index is 12.1. The Morgan fingerprint density at radius 1 is 1.43 bits per heavy atom. The van der Waals surface area contributed by atoms with Crippen molar-refractivity contribution >= 4 is 5.91 Å². The number of hydrogen-bond acceptors (Lipinski definition) is 4. The van der Waals surface area contributed by atoms with Crippen LogP contribution in [0, 0.1) is 19.8 Å². The highest BCUT2D eigenvalue weighted by Crippen LogP contribution is 2.13. The van der Waals surface area contributed by atoms with E-state index in [9.17, 15) is 4.79 Å². The second-order valence-corrected chi connectivity index (χ2v) is 5.20. The molecule has 0 fully saturated rings. The lowest BCUT2D eigenvalue weighted by atomic mass is 10.1. The molecule has 0 aromatic carbocycles. The number of hydrogen-bond donors (Lipinski definition) is 1. The third-order valence-electron chi connectivity index (χ3n) is 3.65. The highest BCUT2D eigenvalue weighted by molar-refractivity contribution is 5.78. The van der Waals surface area contributed by atoms with Gasteiger partial charge in [0, 0.05) is 24.3 Å². The Morgan fingerprint density at radius 2 is 2.19 bits per heavy atom. The van der Waals surface area contributed by atoms with Crippen molar-refractivity contribution in [1.29, 1.82) is 0 Å². The average Bonchev–Trinajstić information content (AvgIpc) is 3.05. The van der Waals surface area contributed by atoms with Crippen molar-refractivity contribution in [3.05, 3.63) is 29.6 Å². The number of nitrogens with zero attached hydrogens (tertiary/aromatic N) is 5. The summed E-state index contributed by atoms with van der Waals surface area (Å²) in [4.78, 5) is 16.0. The third-order valence-corrected chi connectivity index (χ3v) is 3.65. The number of rotatable bonds is 6.